The van der Waals surface area contributed by atoms with E-state index in [9.17, 15) is 9.59 Å². The van der Waals surface area contributed by atoms with Gasteiger partial charge in [0.15, 0.2) is 0 Å². The third-order valence-corrected chi connectivity index (χ3v) is 3.99. The molecule has 2 unspecified atom stereocenters. The Morgan fingerprint density at radius 2 is 1.73 bits per heavy atom. The summed E-state index contributed by atoms with van der Waals surface area (Å²) >= 11 is 0. The molecule has 6 heteroatoms. The maximum Gasteiger partial charge on any atom is 0.408 e. The molecule has 0 aliphatic heterocycles. The third-order valence-electron chi connectivity index (χ3n) is 3.99. The molecule has 0 aliphatic rings. The molecular weight excluding hydrogens is 330 g/mol. The van der Waals surface area contributed by atoms with Crippen molar-refractivity contribution in [2.24, 2.45) is 0 Å². The first-order valence-electron chi connectivity index (χ1n) is 9.06. The van der Waals surface area contributed by atoms with Crippen molar-refractivity contribution < 1.29 is 14.3 Å². The van der Waals surface area contributed by atoms with E-state index in [1.807, 2.05) is 14.1 Å². The smallest absolute Gasteiger partial charge is 0.408 e. The van der Waals surface area contributed by atoms with Crippen LogP contribution >= 0.6 is 0 Å². The number of aryl methyl sites for hydroxylation is 1. The summed E-state index contributed by atoms with van der Waals surface area (Å²) in [5.74, 6) is -0.243. The zero-order valence-electron chi connectivity index (χ0n) is 17.1. The molecule has 0 bridgehead atoms. The van der Waals surface area contributed by atoms with Gasteiger partial charge in [0.1, 0.15) is 11.6 Å². The number of benzene rings is 1. The minimum absolute atomic E-state index is 0.0542. The van der Waals surface area contributed by atoms with Gasteiger partial charge in [-0.05, 0) is 59.3 Å². The summed E-state index contributed by atoms with van der Waals surface area (Å²) in [5.41, 5.74) is 1.83. The van der Waals surface area contributed by atoms with Crippen LogP contribution in [-0.4, -0.2) is 49.2 Å². The number of hydrogen-bond donors (Lipinski definition) is 2. The van der Waals surface area contributed by atoms with Crippen LogP contribution in [0.3, 0.4) is 0 Å². The molecule has 0 heterocycles. The lowest BCUT2D eigenvalue weighted by Gasteiger charge is -2.26. The predicted molar refractivity (Wildman–Crippen MR) is 104 cm³/mol. The van der Waals surface area contributed by atoms with E-state index in [-0.39, 0.29) is 11.9 Å². The van der Waals surface area contributed by atoms with E-state index < -0.39 is 17.7 Å². The topological polar surface area (TPSA) is 70.7 Å². The zero-order valence-corrected chi connectivity index (χ0v) is 17.1. The number of likely N-dealkylation sites (N-methyl/N-ethyl adjacent to an activating group) is 1. The molecule has 0 aromatic heterocycles. The summed E-state index contributed by atoms with van der Waals surface area (Å²) in [6.45, 7) is 9.56. The number of carbonyl (C=O) groups is 2. The largest absolute Gasteiger partial charge is 0.444 e. The second-order valence-electron chi connectivity index (χ2n) is 7.69. The molecule has 0 aliphatic carbocycles. The lowest BCUT2D eigenvalue weighted by Crippen LogP contribution is -2.48. The number of rotatable bonds is 7. The Morgan fingerprint density at radius 3 is 2.19 bits per heavy atom. The molecule has 6 nitrogen and oxygen atoms in total. The maximum absolute atomic E-state index is 12.3. The number of ether oxygens (including phenoxy) is 1. The Balaban J connectivity index is 2.62. The highest BCUT2D eigenvalue weighted by Gasteiger charge is 2.22. The molecule has 0 spiro atoms. The average molecular weight is 364 g/mol. The Morgan fingerprint density at radius 1 is 1.15 bits per heavy atom. The van der Waals surface area contributed by atoms with E-state index in [0.29, 0.717) is 6.54 Å². The third kappa shape index (κ3) is 7.44. The number of nitrogens with zero attached hydrogens (tertiary/aromatic N) is 1. The van der Waals surface area contributed by atoms with Crippen molar-refractivity contribution in [3.05, 3.63) is 35.4 Å². The van der Waals surface area contributed by atoms with E-state index in [2.05, 4.69) is 46.7 Å². The van der Waals surface area contributed by atoms with Crippen LogP contribution in [0.5, 0.6) is 0 Å². The maximum atomic E-state index is 12.3. The zero-order chi connectivity index (χ0) is 19.9. The second-order valence-corrected chi connectivity index (χ2v) is 7.69. The Bertz CT molecular complexity index is 591. The molecule has 0 saturated carbocycles. The van der Waals surface area contributed by atoms with Gasteiger partial charge in [0.2, 0.25) is 5.91 Å². The molecule has 0 radical (unpaired) electrons. The van der Waals surface area contributed by atoms with E-state index in [1.165, 1.54) is 5.56 Å². The van der Waals surface area contributed by atoms with Crippen LogP contribution in [0.25, 0.3) is 0 Å². The van der Waals surface area contributed by atoms with Crippen molar-refractivity contribution >= 4 is 12.0 Å². The Kier molecular flexibility index (Phi) is 8.08. The molecule has 1 rings (SSSR count). The SMILES string of the molecule is CCc1ccc(C(CNC(=O)C(C)NC(=O)OC(C)(C)C)N(C)C)cc1. The monoisotopic (exact) mass is 363 g/mol. The van der Waals surface area contributed by atoms with Gasteiger partial charge in [-0.3, -0.25) is 4.79 Å². The van der Waals surface area contributed by atoms with E-state index >= 15 is 0 Å². The minimum Gasteiger partial charge on any atom is -0.444 e. The molecule has 2 N–H and O–H groups in total. The number of carbonyl (C=O) groups excluding carboxylic acids is 2. The normalized spacial score (nSPS) is 13.8. The van der Waals surface area contributed by atoms with Gasteiger partial charge in [0, 0.05) is 6.54 Å². The first kappa shape index (κ1) is 22.0. The predicted octanol–water partition coefficient (Wildman–Crippen LogP) is 2.88. The van der Waals surface area contributed by atoms with E-state index in [0.717, 1.165) is 12.0 Å². The van der Waals surface area contributed by atoms with Gasteiger partial charge in [-0.1, -0.05) is 31.2 Å². The average Bonchev–Trinajstić information content (AvgIpc) is 2.53. The summed E-state index contributed by atoms with van der Waals surface area (Å²) in [4.78, 5) is 26.1. The van der Waals surface area contributed by atoms with Crippen LogP contribution in [0.4, 0.5) is 4.79 Å². The quantitative estimate of drug-likeness (QED) is 0.781. The summed E-state index contributed by atoms with van der Waals surface area (Å²) in [6, 6.07) is 7.80. The lowest BCUT2D eigenvalue weighted by molar-refractivity contribution is -0.123. The molecular formula is C20H33N3O3. The van der Waals surface area contributed by atoms with Crippen LogP contribution in [0.1, 0.15) is 51.8 Å². The van der Waals surface area contributed by atoms with Gasteiger partial charge < -0.3 is 20.3 Å². The van der Waals surface area contributed by atoms with Crippen LogP contribution in [0.2, 0.25) is 0 Å². The standard InChI is InChI=1S/C20H33N3O3/c1-8-15-9-11-16(12-10-15)17(23(6)7)13-21-18(24)14(2)22-19(25)26-20(3,4)5/h9-12,14,17H,8,13H2,1-7H3,(H,21,24)(H,22,25). The van der Waals surface area contributed by atoms with Gasteiger partial charge >= 0.3 is 6.09 Å². The molecule has 2 amide bonds. The van der Waals surface area contributed by atoms with Crippen molar-refractivity contribution in [1.82, 2.24) is 15.5 Å². The number of amides is 2. The van der Waals surface area contributed by atoms with Crippen LogP contribution in [0, 0.1) is 0 Å². The van der Waals surface area contributed by atoms with Gasteiger partial charge in [0.25, 0.3) is 0 Å². The van der Waals surface area contributed by atoms with Crippen molar-refractivity contribution in [2.75, 3.05) is 20.6 Å². The summed E-state index contributed by atoms with van der Waals surface area (Å²) in [7, 11) is 3.96. The first-order chi connectivity index (χ1) is 12.0. The number of hydrogen-bond acceptors (Lipinski definition) is 4. The first-order valence-corrected chi connectivity index (χ1v) is 9.06. The minimum atomic E-state index is -0.671. The van der Waals surface area contributed by atoms with Crippen LogP contribution in [0.15, 0.2) is 24.3 Å². The van der Waals surface area contributed by atoms with Crippen molar-refractivity contribution in [1.29, 1.82) is 0 Å². The highest BCUT2D eigenvalue weighted by Crippen LogP contribution is 2.18. The van der Waals surface area contributed by atoms with Crippen LogP contribution in [-0.2, 0) is 16.0 Å². The molecule has 0 saturated heterocycles. The van der Waals surface area contributed by atoms with Crippen molar-refractivity contribution in [3.63, 3.8) is 0 Å². The highest BCUT2D eigenvalue weighted by atomic mass is 16.6. The van der Waals surface area contributed by atoms with Crippen molar-refractivity contribution in [3.8, 4) is 0 Å². The molecule has 2 atom stereocenters. The number of alkyl carbamates (subject to hydrolysis) is 1. The molecule has 1 aromatic rings. The lowest BCUT2D eigenvalue weighted by atomic mass is 10.0. The number of nitrogens with one attached hydrogen (secondary N) is 2. The van der Waals surface area contributed by atoms with E-state index in [1.54, 1.807) is 27.7 Å². The van der Waals surface area contributed by atoms with Gasteiger partial charge in [0.05, 0.1) is 6.04 Å². The highest BCUT2D eigenvalue weighted by molar-refractivity contribution is 5.85. The van der Waals surface area contributed by atoms with Crippen molar-refractivity contribution in [2.45, 2.75) is 58.7 Å². The second kappa shape index (κ2) is 9.57. The Labute approximate surface area is 157 Å². The molecule has 0 fully saturated rings. The molecule has 146 valence electrons. The fourth-order valence-corrected chi connectivity index (χ4v) is 2.47. The van der Waals surface area contributed by atoms with E-state index in [4.69, 9.17) is 4.74 Å². The van der Waals surface area contributed by atoms with Gasteiger partial charge in [-0.15, -0.1) is 0 Å². The summed E-state index contributed by atoms with van der Waals surface area (Å²) < 4.78 is 5.18. The fraction of sp³-hybridized carbons (Fsp3) is 0.600. The summed E-state index contributed by atoms with van der Waals surface area (Å²) in [6.07, 6.45) is 0.400. The molecule has 26 heavy (non-hydrogen) atoms. The van der Waals surface area contributed by atoms with Gasteiger partial charge in [-0.25, -0.2) is 4.79 Å². The fourth-order valence-electron chi connectivity index (χ4n) is 2.47. The molecule has 1 aromatic carbocycles. The summed E-state index contributed by atoms with van der Waals surface area (Å²) in [5, 5.41) is 5.47. The Hall–Kier alpha value is -2.08. The van der Waals surface area contributed by atoms with Gasteiger partial charge in [-0.2, -0.15) is 0 Å². The van der Waals surface area contributed by atoms with Crippen LogP contribution < -0.4 is 10.6 Å².